The van der Waals surface area contributed by atoms with E-state index in [1.807, 2.05) is 13.0 Å². The molecular weight excluding hydrogens is 353 g/mol. The van der Waals surface area contributed by atoms with Crippen LogP contribution in [-0.4, -0.2) is 28.0 Å². The summed E-state index contributed by atoms with van der Waals surface area (Å²) < 4.78 is 38.8. The first-order valence-electron chi connectivity index (χ1n) is 9.17. The van der Waals surface area contributed by atoms with Crippen molar-refractivity contribution in [3.05, 3.63) is 53.0 Å². The summed E-state index contributed by atoms with van der Waals surface area (Å²) in [4.78, 5) is 14.7. The molecule has 1 aliphatic heterocycles. The molecule has 1 N–H and O–H groups in total. The van der Waals surface area contributed by atoms with Crippen molar-refractivity contribution in [2.45, 2.75) is 38.8 Å². The van der Waals surface area contributed by atoms with E-state index >= 15 is 0 Å². The predicted molar refractivity (Wildman–Crippen MR) is 98.9 cm³/mol. The van der Waals surface area contributed by atoms with Gasteiger partial charge in [-0.1, -0.05) is 18.2 Å². The van der Waals surface area contributed by atoms with Gasteiger partial charge in [-0.3, -0.25) is 0 Å². The van der Waals surface area contributed by atoms with E-state index in [2.05, 4.69) is 19.9 Å². The van der Waals surface area contributed by atoms with Crippen LogP contribution in [0, 0.1) is 6.92 Å². The molecule has 4 rings (SSSR count). The van der Waals surface area contributed by atoms with Gasteiger partial charge < -0.3 is 9.88 Å². The molecule has 142 valence electrons. The van der Waals surface area contributed by atoms with Crippen LogP contribution in [0.25, 0.3) is 11.0 Å². The van der Waals surface area contributed by atoms with Crippen molar-refractivity contribution in [1.82, 2.24) is 15.0 Å². The average molecular weight is 374 g/mol. The van der Waals surface area contributed by atoms with E-state index in [9.17, 15) is 13.2 Å². The lowest BCUT2D eigenvalue weighted by molar-refractivity contribution is -0.137. The van der Waals surface area contributed by atoms with Crippen molar-refractivity contribution in [1.29, 1.82) is 0 Å². The minimum Gasteiger partial charge on any atom is -0.355 e. The van der Waals surface area contributed by atoms with Gasteiger partial charge in [0.1, 0.15) is 11.3 Å². The summed E-state index contributed by atoms with van der Waals surface area (Å²) in [6.07, 6.45) is -0.431. The number of nitrogens with zero attached hydrogens (tertiary/aromatic N) is 3. The van der Waals surface area contributed by atoms with Gasteiger partial charge in [0.2, 0.25) is 0 Å². The first-order valence-corrected chi connectivity index (χ1v) is 9.17. The Morgan fingerprint density at radius 1 is 1.07 bits per heavy atom. The maximum atomic E-state index is 12.9. The molecule has 3 heterocycles. The minimum absolute atomic E-state index is 0.388. The summed E-state index contributed by atoms with van der Waals surface area (Å²) in [6.45, 7) is 3.80. The van der Waals surface area contributed by atoms with E-state index < -0.39 is 11.7 Å². The number of halogens is 3. The molecule has 1 aromatic carbocycles. The molecule has 0 bridgehead atoms. The molecule has 1 saturated heterocycles. The topological polar surface area (TPSA) is 44.8 Å². The number of hydrogen-bond acceptors (Lipinski definition) is 3. The molecule has 0 spiro atoms. The Morgan fingerprint density at radius 3 is 2.59 bits per heavy atom. The van der Waals surface area contributed by atoms with Gasteiger partial charge in [0.15, 0.2) is 5.82 Å². The number of piperidine rings is 1. The molecule has 0 unspecified atom stereocenters. The first-order chi connectivity index (χ1) is 12.9. The van der Waals surface area contributed by atoms with E-state index in [0.29, 0.717) is 17.8 Å². The fourth-order valence-corrected chi connectivity index (χ4v) is 3.67. The van der Waals surface area contributed by atoms with Gasteiger partial charge in [-0.15, -0.1) is 0 Å². The Labute approximate surface area is 155 Å². The van der Waals surface area contributed by atoms with E-state index in [4.69, 9.17) is 0 Å². The van der Waals surface area contributed by atoms with Gasteiger partial charge in [0.25, 0.3) is 0 Å². The van der Waals surface area contributed by atoms with Gasteiger partial charge >= 0.3 is 6.18 Å². The second-order valence-corrected chi connectivity index (χ2v) is 7.07. The molecule has 0 radical (unpaired) electrons. The van der Waals surface area contributed by atoms with Crippen LogP contribution < -0.4 is 4.90 Å². The first kappa shape index (κ1) is 17.8. The quantitative estimate of drug-likeness (QED) is 0.712. The van der Waals surface area contributed by atoms with Crippen LogP contribution in [0.2, 0.25) is 0 Å². The van der Waals surface area contributed by atoms with Crippen LogP contribution in [0.1, 0.15) is 41.9 Å². The molecule has 1 fully saturated rings. The summed E-state index contributed by atoms with van der Waals surface area (Å²) in [5.41, 5.74) is 2.50. The molecule has 0 aliphatic carbocycles. The summed E-state index contributed by atoms with van der Waals surface area (Å²) in [5.74, 6) is 1.60. The highest BCUT2D eigenvalue weighted by atomic mass is 19.4. The highest BCUT2D eigenvalue weighted by Gasteiger charge is 2.30. The lowest BCUT2D eigenvalue weighted by atomic mass is 10.1. The SMILES string of the molecule is Cc1nc(N2CCCCC2)c2[nH]c(Cc3cccc(C(F)(F)F)c3)cc2n1. The van der Waals surface area contributed by atoms with Crippen molar-refractivity contribution in [3.8, 4) is 0 Å². The molecule has 7 heteroatoms. The Balaban J connectivity index is 1.68. The van der Waals surface area contributed by atoms with Crippen LogP contribution >= 0.6 is 0 Å². The maximum Gasteiger partial charge on any atom is 0.416 e. The lowest BCUT2D eigenvalue weighted by Gasteiger charge is -2.28. The summed E-state index contributed by atoms with van der Waals surface area (Å²) >= 11 is 0. The molecule has 1 aliphatic rings. The highest BCUT2D eigenvalue weighted by molar-refractivity contribution is 5.87. The van der Waals surface area contributed by atoms with Crippen molar-refractivity contribution in [3.63, 3.8) is 0 Å². The normalized spacial score (nSPS) is 15.5. The Bertz CT molecular complexity index is 956. The van der Waals surface area contributed by atoms with Crippen LogP contribution in [-0.2, 0) is 12.6 Å². The number of hydrogen-bond donors (Lipinski definition) is 1. The minimum atomic E-state index is -4.33. The Hall–Kier alpha value is -2.57. The third-order valence-corrected chi connectivity index (χ3v) is 4.93. The second kappa shape index (κ2) is 6.87. The molecule has 4 nitrogen and oxygen atoms in total. The van der Waals surface area contributed by atoms with Crippen LogP contribution in [0.15, 0.2) is 30.3 Å². The highest BCUT2D eigenvalue weighted by Crippen LogP contribution is 2.31. The number of aromatic amines is 1. The number of aryl methyl sites for hydroxylation is 1. The van der Waals surface area contributed by atoms with Gasteiger partial charge in [-0.05, 0) is 43.9 Å². The van der Waals surface area contributed by atoms with Crippen molar-refractivity contribution < 1.29 is 13.2 Å². The predicted octanol–water partition coefficient (Wildman–Crippen LogP) is 4.87. The zero-order valence-corrected chi connectivity index (χ0v) is 15.1. The number of rotatable bonds is 3. The second-order valence-electron chi connectivity index (χ2n) is 7.07. The average Bonchev–Trinajstić information content (AvgIpc) is 3.03. The summed E-state index contributed by atoms with van der Waals surface area (Å²) in [7, 11) is 0. The van der Waals surface area contributed by atoms with Crippen LogP contribution in [0.3, 0.4) is 0 Å². The number of fused-ring (bicyclic) bond motifs is 1. The number of benzene rings is 1. The van der Waals surface area contributed by atoms with E-state index in [-0.39, 0.29) is 0 Å². The molecule has 3 aromatic rings. The van der Waals surface area contributed by atoms with E-state index in [0.717, 1.165) is 54.5 Å². The maximum absolute atomic E-state index is 12.9. The summed E-state index contributed by atoms with van der Waals surface area (Å²) in [5, 5.41) is 0. The molecule has 0 atom stereocenters. The monoisotopic (exact) mass is 374 g/mol. The fraction of sp³-hybridized carbons (Fsp3) is 0.400. The number of alkyl halides is 3. The third kappa shape index (κ3) is 3.77. The Kier molecular flexibility index (Phi) is 4.53. The fourth-order valence-electron chi connectivity index (χ4n) is 3.67. The molecule has 27 heavy (non-hydrogen) atoms. The third-order valence-electron chi connectivity index (χ3n) is 4.93. The van der Waals surface area contributed by atoms with Crippen molar-refractivity contribution >= 4 is 16.9 Å². The van der Waals surface area contributed by atoms with Crippen molar-refractivity contribution in [2.75, 3.05) is 18.0 Å². The largest absolute Gasteiger partial charge is 0.416 e. The Morgan fingerprint density at radius 2 is 1.85 bits per heavy atom. The summed E-state index contributed by atoms with van der Waals surface area (Å²) in [6, 6.07) is 7.37. The van der Waals surface area contributed by atoms with E-state index in [1.54, 1.807) is 6.07 Å². The number of aromatic nitrogens is 3. The standard InChI is InChI=1S/C20H21F3N4/c1-13-24-17-12-16(11-14-6-5-7-15(10-14)20(21,22)23)26-18(17)19(25-13)27-8-3-2-4-9-27/h5-7,10,12,26H,2-4,8-9,11H2,1H3. The van der Waals surface area contributed by atoms with Crippen LogP contribution in [0.5, 0.6) is 0 Å². The number of H-pyrrole nitrogens is 1. The molecule has 2 aromatic heterocycles. The van der Waals surface area contributed by atoms with Gasteiger partial charge in [-0.25, -0.2) is 9.97 Å². The molecular formula is C20H21F3N4. The van der Waals surface area contributed by atoms with E-state index in [1.165, 1.54) is 18.6 Å². The van der Waals surface area contributed by atoms with Gasteiger partial charge in [-0.2, -0.15) is 13.2 Å². The smallest absolute Gasteiger partial charge is 0.355 e. The lowest BCUT2D eigenvalue weighted by Crippen LogP contribution is -2.30. The number of anilines is 1. The van der Waals surface area contributed by atoms with Crippen molar-refractivity contribution in [2.24, 2.45) is 0 Å². The van der Waals surface area contributed by atoms with Gasteiger partial charge in [0.05, 0.1) is 11.1 Å². The van der Waals surface area contributed by atoms with Crippen LogP contribution in [0.4, 0.5) is 19.0 Å². The molecule has 0 amide bonds. The zero-order valence-electron chi connectivity index (χ0n) is 15.1. The van der Waals surface area contributed by atoms with Gasteiger partial charge in [0, 0.05) is 25.2 Å². The molecule has 0 saturated carbocycles. The number of nitrogens with one attached hydrogen (secondary N) is 1. The zero-order chi connectivity index (χ0) is 19.0.